The standard InChI is InChI=1S/C25H50N2O/c1-7-26(3,4)13-9-11-25(28,12-10-14-27(5,6)8-2)24-18-21-15-22(19-24)17-23(16-21)20-24/h21-23,28H,7-20H2,1-6H3/q+2. The molecule has 4 fully saturated rings. The van der Waals surface area contributed by atoms with E-state index in [1.165, 1.54) is 77.5 Å². The third-order valence-corrected chi connectivity index (χ3v) is 9.45. The van der Waals surface area contributed by atoms with Crippen LogP contribution in [0.4, 0.5) is 0 Å². The summed E-state index contributed by atoms with van der Waals surface area (Å²) in [4.78, 5) is 0. The lowest BCUT2D eigenvalue weighted by atomic mass is 9.44. The molecule has 0 spiro atoms. The number of quaternary nitrogens is 2. The second kappa shape index (κ2) is 8.19. The molecule has 28 heavy (non-hydrogen) atoms. The highest BCUT2D eigenvalue weighted by molar-refractivity contribution is 5.10. The molecule has 4 aliphatic rings. The van der Waals surface area contributed by atoms with Gasteiger partial charge in [0.1, 0.15) is 0 Å². The van der Waals surface area contributed by atoms with Gasteiger partial charge in [0.2, 0.25) is 0 Å². The molecule has 0 unspecified atom stereocenters. The van der Waals surface area contributed by atoms with Crippen molar-refractivity contribution in [3.63, 3.8) is 0 Å². The fourth-order valence-corrected chi connectivity index (χ4v) is 7.25. The van der Waals surface area contributed by atoms with Gasteiger partial charge in [0, 0.05) is 0 Å². The van der Waals surface area contributed by atoms with Crippen LogP contribution in [0.5, 0.6) is 0 Å². The van der Waals surface area contributed by atoms with Crippen molar-refractivity contribution in [3.8, 4) is 0 Å². The summed E-state index contributed by atoms with van der Waals surface area (Å²) in [6.45, 7) is 9.32. The van der Waals surface area contributed by atoms with Gasteiger partial charge in [0.05, 0.1) is 60.0 Å². The van der Waals surface area contributed by atoms with Crippen LogP contribution in [0.2, 0.25) is 0 Å². The normalized spacial score (nSPS) is 32.9. The summed E-state index contributed by atoms with van der Waals surface area (Å²) in [5, 5.41) is 12.3. The lowest BCUT2D eigenvalue weighted by Crippen LogP contribution is -2.59. The van der Waals surface area contributed by atoms with Crippen molar-refractivity contribution >= 4 is 0 Å². The molecule has 0 aromatic carbocycles. The van der Waals surface area contributed by atoms with Crippen LogP contribution in [-0.4, -0.2) is 74.0 Å². The van der Waals surface area contributed by atoms with Gasteiger partial charge in [-0.05, 0) is 101 Å². The molecule has 0 heterocycles. The lowest BCUT2D eigenvalue weighted by Gasteiger charge is -2.62. The van der Waals surface area contributed by atoms with Crippen molar-refractivity contribution in [1.29, 1.82) is 0 Å². The molecule has 4 aliphatic carbocycles. The minimum absolute atomic E-state index is 0.245. The summed E-state index contributed by atoms with van der Waals surface area (Å²) in [5.41, 5.74) is -0.182. The highest BCUT2D eigenvalue weighted by atomic mass is 16.3. The average molecular weight is 395 g/mol. The minimum Gasteiger partial charge on any atom is -0.389 e. The maximum absolute atomic E-state index is 12.3. The van der Waals surface area contributed by atoms with Crippen LogP contribution in [0.25, 0.3) is 0 Å². The van der Waals surface area contributed by atoms with E-state index in [0.717, 1.165) is 39.6 Å². The van der Waals surface area contributed by atoms with E-state index in [-0.39, 0.29) is 5.41 Å². The zero-order chi connectivity index (χ0) is 20.6. The van der Waals surface area contributed by atoms with E-state index in [0.29, 0.717) is 0 Å². The van der Waals surface area contributed by atoms with Crippen LogP contribution < -0.4 is 0 Å². The predicted molar refractivity (Wildman–Crippen MR) is 119 cm³/mol. The van der Waals surface area contributed by atoms with E-state index in [1.807, 2.05) is 0 Å². The summed E-state index contributed by atoms with van der Waals surface area (Å²) in [6, 6.07) is 0. The molecule has 0 amide bonds. The predicted octanol–water partition coefficient (Wildman–Crippen LogP) is 4.69. The lowest BCUT2D eigenvalue weighted by molar-refractivity contribution is -0.889. The summed E-state index contributed by atoms with van der Waals surface area (Å²) >= 11 is 0. The van der Waals surface area contributed by atoms with E-state index >= 15 is 0 Å². The van der Waals surface area contributed by atoms with Crippen LogP contribution >= 0.6 is 0 Å². The Balaban J connectivity index is 1.72. The van der Waals surface area contributed by atoms with Gasteiger partial charge >= 0.3 is 0 Å². The van der Waals surface area contributed by atoms with Gasteiger partial charge in [-0.25, -0.2) is 0 Å². The Morgan fingerprint density at radius 2 is 1.11 bits per heavy atom. The number of hydrogen-bond donors (Lipinski definition) is 1. The Bertz CT molecular complexity index is 467. The Hall–Kier alpha value is -0.120. The van der Waals surface area contributed by atoms with Gasteiger partial charge in [-0.2, -0.15) is 0 Å². The van der Waals surface area contributed by atoms with E-state index in [4.69, 9.17) is 0 Å². The molecule has 0 radical (unpaired) electrons. The van der Waals surface area contributed by atoms with Crippen molar-refractivity contribution in [2.45, 2.75) is 83.7 Å². The highest BCUT2D eigenvalue weighted by Crippen LogP contribution is 2.65. The molecule has 164 valence electrons. The fraction of sp³-hybridized carbons (Fsp3) is 1.00. The van der Waals surface area contributed by atoms with Crippen LogP contribution in [0.1, 0.15) is 78.1 Å². The van der Waals surface area contributed by atoms with Crippen LogP contribution in [0.3, 0.4) is 0 Å². The first kappa shape index (κ1) is 22.6. The SMILES string of the molecule is CC[N+](C)(C)CCCC(O)(CCC[N+](C)(C)CC)C12CC3CC(CC(C3)C1)C2. The molecule has 0 aromatic rings. The largest absolute Gasteiger partial charge is 0.389 e. The second-order valence-electron chi connectivity index (χ2n) is 12.4. The van der Waals surface area contributed by atoms with Gasteiger partial charge in [0.25, 0.3) is 0 Å². The highest BCUT2D eigenvalue weighted by Gasteiger charge is 2.59. The van der Waals surface area contributed by atoms with Gasteiger partial charge in [-0.3, -0.25) is 0 Å². The van der Waals surface area contributed by atoms with Crippen LogP contribution in [0.15, 0.2) is 0 Å². The fourth-order valence-electron chi connectivity index (χ4n) is 7.25. The summed E-state index contributed by atoms with van der Waals surface area (Å²) < 4.78 is 2.16. The number of hydrogen-bond acceptors (Lipinski definition) is 1. The van der Waals surface area contributed by atoms with Gasteiger partial charge in [-0.1, -0.05) is 0 Å². The molecule has 0 saturated heterocycles. The van der Waals surface area contributed by atoms with Gasteiger partial charge in [0.15, 0.2) is 0 Å². The third kappa shape index (κ3) is 4.78. The van der Waals surface area contributed by atoms with Crippen molar-refractivity contribution in [2.75, 3.05) is 54.4 Å². The zero-order valence-electron chi connectivity index (χ0n) is 20.0. The maximum Gasteiger partial charge on any atom is 0.0783 e. The molecule has 3 heteroatoms. The van der Waals surface area contributed by atoms with E-state index in [9.17, 15) is 5.11 Å². The average Bonchev–Trinajstić information content (AvgIpc) is 2.60. The van der Waals surface area contributed by atoms with Gasteiger partial charge < -0.3 is 14.1 Å². The maximum atomic E-state index is 12.3. The van der Waals surface area contributed by atoms with Crippen molar-refractivity contribution in [3.05, 3.63) is 0 Å². The monoisotopic (exact) mass is 394 g/mol. The zero-order valence-corrected chi connectivity index (χ0v) is 20.0. The summed E-state index contributed by atoms with van der Waals surface area (Å²) in [5.74, 6) is 2.76. The molecule has 0 aliphatic heterocycles. The third-order valence-electron chi connectivity index (χ3n) is 9.45. The molecule has 4 saturated carbocycles. The Morgan fingerprint density at radius 3 is 1.43 bits per heavy atom. The van der Waals surface area contributed by atoms with Crippen molar-refractivity contribution in [2.24, 2.45) is 23.2 Å². The quantitative estimate of drug-likeness (QED) is 0.504. The first-order chi connectivity index (χ1) is 13.0. The molecule has 0 atom stereocenters. The number of nitrogens with zero attached hydrogens (tertiary/aromatic N) is 2. The van der Waals surface area contributed by atoms with Gasteiger partial charge in [-0.15, -0.1) is 0 Å². The van der Waals surface area contributed by atoms with Crippen molar-refractivity contribution in [1.82, 2.24) is 0 Å². The smallest absolute Gasteiger partial charge is 0.0783 e. The van der Waals surface area contributed by atoms with E-state index in [1.54, 1.807) is 0 Å². The first-order valence-corrected chi connectivity index (χ1v) is 12.4. The molecule has 4 bridgehead atoms. The van der Waals surface area contributed by atoms with Crippen LogP contribution in [-0.2, 0) is 0 Å². The van der Waals surface area contributed by atoms with E-state index < -0.39 is 5.60 Å². The molecule has 0 aromatic heterocycles. The second-order valence-corrected chi connectivity index (χ2v) is 12.4. The number of rotatable bonds is 11. The number of aliphatic hydroxyl groups is 1. The molecular formula is C25H50N2O+2. The molecular weight excluding hydrogens is 344 g/mol. The molecule has 3 nitrogen and oxygen atoms in total. The molecule has 1 N–H and O–H groups in total. The van der Waals surface area contributed by atoms with E-state index in [2.05, 4.69) is 42.0 Å². The first-order valence-electron chi connectivity index (χ1n) is 12.4. The molecule has 4 rings (SSSR count). The topological polar surface area (TPSA) is 20.2 Å². The van der Waals surface area contributed by atoms with Crippen LogP contribution in [0, 0.1) is 23.2 Å². The minimum atomic E-state index is -0.426. The van der Waals surface area contributed by atoms with Crippen molar-refractivity contribution < 1.29 is 14.1 Å². The Labute approximate surface area is 175 Å². The summed E-state index contributed by atoms with van der Waals surface area (Å²) in [7, 11) is 9.35. The Kier molecular flexibility index (Phi) is 6.60. The summed E-state index contributed by atoms with van der Waals surface area (Å²) in [6.07, 6.45) is 12.8. The Morgan fingerprint density at radius 1 is 0.750 bits per heavy atom.